The molecule has 6 nitrogen and oxygen atoms in total. The summed E-state index contributed by atoms with van der Waals surface area (Å²) in [6.45, 7) is 5.24. The van der Waals surface area contributed by atoms with Crippen LogP contribution in [0.4, 0.5) is 13.2 Å². The predicted molar refractivity (Wildman–Crippen MR) is 80.1 cm³/mol. The molecule has 1 fully saturated rings. The van der Waals surface area contributed by atoms with E-state index in [-0.39, 0.29) is 16.2 Å². The maximum atomic E-state index is 12.8. The molecule has 1 aliphatic rings. The molecule has 1 aromatic heterocycles. The number of amides is 1. The fraction of sp³-hybridized carbons (Fsp3) is 0.692. The van der Waals surface area contributed by atoms with E-state index in [0.29, 0.717) is 19.8 Å². The number of hydrogen-bond donors (Lipinski definition) is 1. The van der Waals surface area contributed by atoms with Crippen molar-refractivity contribution in [2.24, 2.45) is 7.05 Å². The normalized spacial score (nSPS) is 18.0. The molecule has 0 spiro atoms. The molecule has 0 aromatic carbocycles. The standard InChI is InChI=1S/C13H18BrF3N4O2/c1-8(7-21-3-5-23-6-4-21)18-12(22)10-9(14)11(13(15,16)17)19-20(10)2/h8H,3-7H2,1-2H3,(H,18,22). The Labute approximate surface area is 140 Å². The van der Waals surface area contributed by atoms with Gasteiger partial charge in [-0.25, -0.2) is 0 Å². The van der Waals surface area contributed by atoms with Gasteiger partial charge in [-0.2, -0.15) is 18.3 Å². The lowest BCUT2D eigenvalue weighted by Gasteiger charge is -2.29. The number of ether oxygens (including phenoxy) is 1. The average Bonchev–Trinajstić information content (AvgIpc) is 2.74. The highest BCUT2D eigenvalue weighted by Gasteiger charge is 2.39. The minimum Gasteiger partial charge on any atom is -0.379 e. The topological polar surface area (TPSA) is 59.4 Å². The van der Waals surface area contributed by atoms with Crippen molar-refractivity contribution in [2.45, 2.75) is 19.1 Å². The van der Waals surface area contributed by atoms with Crippen molar-refractivity contribution in [1.29, 1.82) is 0 Å². The maximum Gasteiger partial charge on any atom is 0.436 e. The van der Waals surface area contributed by atoms with Gasteiger partial charge in [0.15, 0.2) is 5.69 Å². The first-order valence-electron chi connectivity index (χ1n) is 7.10. The lowest BCUT2D eigenvalue weighted by Crippen LogP contribution is -2.46. The summed E-state index contributed by atoms with van der Waals surface area (Å²) >= 11 is 2.84. The number of rotatable bonds is 4. The fourth-order valence-corrected chi connectivity index (χ4v) is 3.18. The molecule has 130 valence electrons. The molecule has 10 heteroatoms. The molecule has 1 N–H and O–H groups in total. The zero-order chi connectivity index (χ0) is 17.2. The van der Waals surface area contributed by atoms with Crippen molar-refractivity contribution in [3.05, 3.63) is 15.9 Å². The van der Waals surface area contributed by atoms with E-state index in [4.69, 9.17) is 4.74 Å². The van der Waals surface area contributed by atoms with Crippen molar-refractivity contribution in [2.75, 3.05) is 32.8 Å². The third-order valence-corrected chi connectivity index (χ3v) is 4.24. The maximum absolute atomic E-state index is 12.8. The number of hydrogen-bond acceptors (Lipinski definition) is 4. The minimum atomic E-state index is -4.62. The highest BCUT2D eigenvalue weighted by Crippen LogP contribution is 2.35. The summed E-state index contributed by atoms with van der Waals surface area (Å²) in [7, 11) is 1.31. The number of carbonyl (C=O) groups excluding carboxylic acids is 1. The molecule has 1 unspecified atom stereocenters. The third kappa shape index (κ3) is 4.45. The molecule has 1 aliphatic heterocycles. The van der Waals surface area contributed by atoms with Gasteiger partial charge in [-0.05, 0) is 22.9 Å². The van der Waals surface area contributed by atoms with Crippen LogP contribution in [0.15, 0.2) is 4.47 Å². The van der Waals surface area contributed by atoms with Gasteiger partial charge in [0, 0.05) is 32.7 Å². The average molecular weight is 399 g/mol. The first-order chi connectivity index (χ1) is 10.7. The Bertz CT molecular complexity index is 570. The second-order valence-electron chi connectivity index (χ2n) is 5.42. The highest BCUT2D eigenvalue weighted by molar-refractivity contribution is 9.10. The van der Waals surface area contributed by atoms with Crippen LogP contribution in [0.1, 0.15) is 23.1 Å². The van der Waals surface area contributed by atoms with Gasteiger partial charge >= 0.3 is 6.18 Å². The van der Waals surface area contributed by atoms with Gasteiger partial charge in [-0.1, -0.05) is 0 Å². The van der Waals surface area contributed by atoms with E-state index in [2.05, 4.69) is 31.2 Å². The van der Waals surface area contributed by atoms with Crippen LogP contribution in [0.3, 0.4) is 0 Å². The summed E-state index contributed by atoms with van der Waals surface area (Å²) in [6, 6.07) is -0.211. The van der Waals surface area contributed by atoms with E-state index >= 15 is 0 Å². The lowest BCUT2D eigenvalue weighted by molar-refractivity contribution is -0.142. The van der Waals surface area contributed by atoms with Crippen LogP contribution >= 0.6 is 15.9 Å². The monoisotopic (exact) mass is 398 g/mol. The molecular weight excluding hydrogens is 381 g/mol. The molecule has 1 atom stereocenters. The summed E-state index contributed by atoms with van der Waals surface area (Å²) in [5, 5.41) is 6.09. The van der Waals surface area contributed by atoms with Crippen LogP contribution in [0.2, 0.25) is 0 Å². The largest absolute Gasteiger partial charge is 0.436 e. The summed E-state index contributed by atoms with van der Waals surface area (Å²) in [6.07, 6.45) is -4.62. The highest BCUT2D eigenvalue weighted by atomic mass is 79.9. The van der Waals surface area contributed by atoms with E-state index < -0.39 is 17.8 Å². The molecule has 0 saturated carbocycles. The molecule has 1 aromatic rings. The number of aromatic nitrogens is 2. The number of halogens is 4. The summed E-state index contributed by atoms with van der Waals surface area (Å²) in [4.78, 5) is 14.4. The Kier molecular flexibility index (Phi) is 5.69. The van der Waals surface area contributed by atoms with Crippen molar-refractivity contribution >= 4 is 21.8 Å². The Morgan fingerprint density at radius 2 is 2.04 bits per heavy atom. The molecule has 0 bridgehead atoms. The predicted octanol–water partition coefficient (Wildman–Crippen LogP) is 1.65. The molecule has 23 heavy (non-hydrogen) atoms. The minimum absolute atomic E-state index is 0.147. The van der Waals surface area contributed by atoms with E-state index in [0.717, 1.165) is 17.8 Å². The number of nitrogens with zero attached hydrogens (tertiary/aromatic N) is 3. The summed E-state index contributed by atoms with van der Waals surface area (Å²) < 4.78 is 44.3. The lowest BCUT2D eigenvalue weighted by atomic mass is 10.2. The molecule has 2 rings (SSSR count). The van der Waals surface area contributed by atoms with Gasteiger partial charge in [0.1, 0.15) is 5.69 Å². The fourth-order valence-electron chi connectivity index (χ4n) is 2.43. The van der Waals surface area contributed by atoms with Crippen molar-refractivity contribution < 1.29 is 22.7 Å². The van der Waals surface area contributed by atoms with Crippen LogP contribution in [0, 0.1) is 0 Å². The SMILES string of the molecule is CC(CN1CCOCC1)NC(=O)c1c(Br)c(C(F)(F)F)nn1C. The van der Waals surface area contributed by atoms with Crippen molar-refractivity contribution in [1.82, 2.24) is 20.0 Å². The van der Waals surface area contributed by atoms with Crippen molar-refractivity contribution in [3.63, 3.8) is 0 Å². The van der Waals surface area contributed by atoms with E-state index in [1.54, 1.807) is 0 Å². The molecule has 0 radical (unpaired) electrons. The van der Waals surface area contributed by atoms with Gasteiger partial charge < -0.3 is 10.1 Å². The first-order valence-corrected chi connectivity index (χ1v) is 7.90. The number of aryl methyl sites for hydroxylation is 1. The van der Waals surface area contributed by atoms with Gasteiger partial charge in [0.05, 0.1) is 17.7 Å². The Morgan fingerprint density at radius 3 is 2.57 bits per heavy atom. The van der Waals surface area contributed by atoms with Crippen LogP contribution < -0.4 is 5.32 Å². The second kappa shape index (κ2) is 7.18. The van der Waals surface area contributed by atoms with Crippen LogP contribution in [0.25, 0.3) is 0 Å². The second-order valence-corrected chi connectivity index (χ2v) is 6.21. The zero-order valence-corrected chi connectivity index (χ0v) is 14.4. The Hall–Kier alpha value is -1.13. The third-order valence-electron chi connectivity index (χ3n) is 3.49. The smallest absolute Gasteiger partial charge is 0.379 e. The van der Waals surface area contributed by atoms with Gasteiger partial charge in [-0.15, -0.1) is 0 Å². The zero-order valence-electron chi connectivity index (χ0n) is 12.8. The Balaban J connectivity index is 2.04. The molecule has 0 aliphatic carbocycles. The van der Waals surface area contributed by atoms with Crippen molar-refractivity contribution in [3.8, 4) is 0 Å². The number of morpholine rings is 1. The van der Waals surface area contributed by atoms with Crippen LogP contribution in [-0.2, 0) is 18.0 Å². The first kappa shape index (κ1) is 18.2. The van der Waals surface area contributed by atoms with Gasteiger partial charge in [-0.3, -0.25) is 14.4 Å². The summed E-state index contributed by atoms with van der Waals surface area (Å²) in [5.74, 6) is -0.594. The molecular formula is C13H18BrF3N4O2. The van der Waals surface area contributed by atoms with E-state index in [1.807, 2.05) is 6.92 Å². The Morgan fingerprint density at radius 1 is 1.43 bits per heavy atom. The van der Waals surface area contributed by atoms with Gasteiger partial charge in [0.2, 0.25) is 0 Å². The number of nitrogens with one attached hydrogen (secondary N) is 1. The van der Waals surface area contributed by atoms with E-state index in [1.165, 1.54) is 7.05 Å². The quantitative estimate of drug-likeness (QED) is 0.837. The van der Waals surface area contributed by atoms with Gasteiger partial charge in [0.25, 0.3) is 5.91 Å². The van der Waals surface area contributed by atoms with E-state index in [9.17, 15) is 18.0 Å². The number of carbonyl (C=O) groups is 1. The number of alkyl halides is 3. The van der Waals surface area contributed by atoms with Crippen LogP contribution in [0.5, 0.6) is 0 Å². The molecule has 1 amide bonds. The van der Waals surface area contributed by atoms with Crippen LogP contribution in [-0.4, -0.2) is 59.5 Å². The molecule has 2 heterocycles. The summed E-state index contributed by atoms with van der Waals surface area (Å²) in [5.41, 5.74) is -1.25. The molecule has 1 saturated heterocycles.